The average molecular weight is 382 g/mol. The van der Waals surface area contributed by atoms with E-state index in [1.807, 2.05) is 0 Å². The van der Waals surface area contributed by atoms with Gasteiger partial charge in [-0.15, -0.1) is 0 Å². The number of carbonyl (C=O) groups excluding carboxylic acids is 1. The molecule has 9 heteroatoms. The Bertz CT molecular complexity index is 611. The van der Waals surface area contributed by atoms with Crippen LogP contribution in [-0.4, -0.2) is 30.2 Å². The Morgan fingerprint density at radius 2 is 1.73 bits per heavy atom. The maximum atomic E-state index is 12.8. The van der Waals surface area contributed by atoms with E-state index in [0.717, 1.165) is 12.1 Å². The molecule has 1 fully saturated rings. The number of nitrogens with one attached hydrogen (secondary N) is 1. The fraction of sp³-hybridized carbons (Fsp3) is 0.588. The van der Waals surface area contributed by atoms with E-state index in [4.69, 9.17) is 0 Å². The van der Waals surface area contributed by atoms with E-state index >= 15 is 0 Å². The molecule has 2 amide bonds. The molecule has 1 aromatic rings. The second-order valence-corrected chi connectivity index (χ2v) is 6.60. The molecule has 2 rings (SSSR count). The van der Waals surface area contributed by atoms with Crippen LogP contribution in [0.25, 0.3) is 0 Å². The summed E-state index contributed by atoms with van der Waals surface area (Å²) in [6, 6.07) is 3.29. The monoisotopic (exact) mass is 382 g/mol. The summed E-state index contributed by atoms with van der Waals surface area (Å²) in [5.41, 5.74) is -0.291. The largest absolute Gasteiger partial charge is 0.416 e. The van der Waals surface area contributed by atoms with Gasteiger partial charge in [0, 0.05) is 19.6 Å². The highest BCUT2D eigenvalue weighted by atomic mass is 19.4. The third-order valence-corrected chi connectivity index (χ3v) is 4.51. The van der Waals surface area contributed by atoms with Crippen molar-refractivity contribution >= 4 is 6.03 Å². The predicted octanol–water partition coefficient (Wildman–Crippen LogP) is 4.97. The van der Waals surface area contributed by atoms with E-state index in [0.29, 0.717) is 18.4 Å². The highest BCUT2D eigenvalue weighted by Gasteiger charge is 2.42. The van der Waals surface area contributed by atoms with Crippen LogP contribution in [0.5, 0.6) is 0 Å². The molecule has 26 heavy (non-hydrogen) atoms. The molecule has 0 saturated heterocycles. The third-order valence-electron chi connectivity index (χ3n) is 4.51. The van der Waals surface area contributed by atoms with Gasteiger partial charge in [0.15, 0.2) is 0 Å². The van der Waals surface area contributed by atoms with Crippen molar-refractivity contribution in [3.8, 4) is 0 Å². The molecule has 1 aliphatic carbocycles. The number of urea groups is 1. The number of nitrogens with zero attached hydrogens (tertiary/aromatic N) is 1. The van der Waals surface area contributed by atoms with Gasteiger partial charge in [-0.25, -0.2) is 4.79 Å². The van der Waals surface area contributed by atoms with Crippen LogP contribution in [0.3, 0.4) is 0 Å². The van der Waals surface area contributed by atoms with Crippen molar-refractivity contribution in [1.29, 1.82) is 0 Å². The van der Waals surface area contributed by atoms with E-state index in [2.05, 4.69) is 5.32 Å². The van der Waals surface area contributed by atoms with Crippen molar-refractivity contribution in [3.05, 3.63) is 35.4 Å². The molecule has 1 aliphatic rings. The summed E-state index contributed by atoms with van der Waals surface area (Å²) in [7, 11) is 1.44. The summed E-state index contributed by atoms with van der Waals surface area (Å²) in [4.78, 5) is 13.4. The van der Waals surface area contributed by atoms with Gasteiger partial charge in [-0.2, -0.15) is 26.3 Å². The number of rotatable bonds is 3. The standard InChI is InChI=1S/C17H20F6N2O/c1-25(10-11-5-7-12(8-6-11)16(18,19)20)15(26)24-14-4-2-3-13(9-14)17(21,22)23/h5-8,13-14H,2-4,9-10H2,1H3,(H,24,26)/t13-,14+/m0/s1. The maximum absolute atomic E-state index is 12.8. The SMILES string of the molecule is CN(Cc1ccc(C(F)(F)F)cc1)C(=O)N[C@@H]1CCC[C@H](C(F)(F)F)C1. The molecule has 1 aromatic carbocycles. The number of hydrogen-bond acceptors (Lipinski definition) is 1. The van der Waals surface area contributed by atoms with Gasteiger partial charge < -0.3 is 10.2 Å². The zero-order chi connectivity index (χ0) is 19.5. The Kier molecular flexibility index (Phi) is 6.08. The van der Waals surface area contributed by atoms with Crippen LogP contribution >= 0.6 is 0 Å². The number of benzene rings is 1. The Morgan fingerprint density at radius 1 is 1.12 bits per heavy atom. The lowest BCUT2D eigenvalue weighted by Crippen LogP contribution is -2.46. The molecular weight excluding hydrogens is 362 g/mol. The summed E-state index contributed by atoms with van der Waals surface area (Å²) < 4.78 is 76.0. The fourth-order valence-electron chi connectivity index (χ4n) is 3.05. The van der Waals surface area contributed by atoms with Gasteiger partial charge in [-0.05, 0) is 37.0 Å². The van der Waals surface area contributed by atoms with E-state index in [9.17, 15) is 31.1 Å². The number of amides is 2. The van der Waals surface area contributed by atoms with E-state index in [1.54, 1.807) is 0 Å². The van der Waals surface area contributed by atoms with Gasteiger partial charge in [-0.1, -0.05) is 18.6 Å². The second-order valence-electron chi connectivity index (χ2n) is 6.60. The highest BCUT2D eigenvalue weighted by molar-refractivity contribution is 5.74. The molecule has 0 radical (unpaired) electrons. The van der Waals surface area contributed by atoms with Gasteiger partial charge in [0.2, 0.25) is 0 Å². The van der Waals surface area contributed by atoms with Crippen LogP contribution in [0.15, 0.2) is 24.3 Å². The first kappa shape index (κ1) is 20.4. The summed E-state index contributed by atoms with van der Waals surface area (Å²) in [5, 5.41) is 2.58. The molecule has 0 unspecified atom stereocenters. The number of carbonyl (C=O) groups is 1. The molecule has 1 N–H and O–H groups in total. The van der Waals surface area contributed by atoms with Gasteiger partial charge in [0.1, 0.15) is 0 Å². The topological polar surface area (TPSA) is 32.3 Å². The van der Waals surface area contributed by atoms with Gasteiger partial charge >= 0.3 is 18.4 Å². The number of halogens is 6. The van der Waals surface area contributed by atoms with Gasteiger partial charge in [-0.3, -0.25) is 0 Å². The Balaban J connectivity index is 1.89. The lowest BCUT2D eigenvalue weighted by atomic mass is 9.85. The zero-order valence-corrected chi connectivity index (χ0v) is 14.1. The minimum atomic E-state index is -4.43. The molecule has 1 saturated carbocycles. The quantitative estimate of drug-likeness (QED) is 0.736. The molecule has 2 atom stereocenters. The Labute approximate surface area is 147 Å². The van der Waals surface area contributed by atoms with E-state index < -0.39 is 35.9 Å². The van der Waals surface area contributed by atoms with Crippen molar-refractivity contribution in [2.24, 2.45) is 5.92 Å². The molecule has 0 aromatic heterocycles. The first-order chi connectivity index (χ1) is 12.0. The minimum Gasteiger partial charge on any atom is -0.335 e. The summed E-state index contributed by atoms with van der Waals surface area (Å²) >= 11 is 0. The first-order valence-electron chi connectivity index (χ1n) is 8.21. The van der Waals surface area contributed by atoms with Crippen molar-refractivity contribution in [1.82, 2.24) is 10.2 Å². The van der Waals surface area contributed by atoms with Crippen molar-refractivity contribution in [2.75, 3.05) is 7.05 Å². The van der Waals surface area contributed by atoms with Gasteiger partial charge in [0.05, 0.1) is 11.5 Å². The van der Waals surface area contributed by atoms with Crippen LogP contribution in [0.1, 0.15) is 36.8 Å². The number of hydrogen-bond donors (Lipinski definition) is 1. The molecular formula is C17H20F6N2O. The fourth-order valence-corrected chi connectivity index (χ4v) is 3.05. The molecule has 0 spiro atoms. The van der Waals surface area contributed by atoms with Crippen LogP contribution in [-0.2, 0) is 12.7 Å². The van der Waals surface area contributed by atoms with Crippen LogP contribution in [0, 0.1) is 5.92 Å². The van der Waals surface area contributed by atoms with Crippen LogP contribution < -0.4 is 5.32 Å². The average Bonchev–Trinajstić information content (AvgIpc) is 2.54. The lowest BCUT2D eigenvalue weighted by molar-refractivity contribution is -0.183. The van der Waals surface area contributed by atoms with Crippen molar-refractivity contribution < 1.29 is 31.1 Å². The van der Waals surface area contributed by atoms with E-state index in [1.165, 1.54) is 24.1 Å². The van der Waals surface area contributed by atoms with Crippen LogP contribution in [0.4, 0.5) is 31.1 Å². The first-order valence-corrected chi connectivity index (χ1v) is 8.21. The molecule has 0 bridgehead atoms. The predicted molar refractivity (Wildman–Crippen MR) is 83.2 cm³/mol. The van der Waals surface area contributed by atoms with Crippen molar-refractivity contribution in [3.63, 3.8) is 0 Å². The molecule has 0 aliphatic heterocycles. The maximum Gasteiger partial charge on any atom is 0.416 e. The Hall–Kier alpha value is -1.93. The van der Waals surface area contributed by atoms with Gasteiger partial charge in [0.25, 0.3) is 0 Å². The van der Waals surface area contributed by atoms with E-state index in [-0.39, 0.29) is 19.4 Å². The Morgan fingerprint density at radius 3 is 2.27 bits per heavy atom. The summed E-state index contributed by atoms with van der Waals surface area (Å²) in [6.07, 6.45) is -7.92. The lowest BCUT2D eigenvalue weighted by Gasteiger charge is -2.32. The summed E-state index contributed by atoms with van der Waals surface area (Å²) in [6.45, 7) is 0.0550. The smallest absolute Gasteiger partial charge is 0.335 e. The third kappa shape index (κ3) is 5.54. The normalized spacial score (nSPS) is 21.3. The minimum absolute atomic E-state index is 0.0550. The van der Waals surface area contributed by atoms with Crippen molar-refractivity contribution in [2.45, 2.75) is 50.6 Å². The molecule has 3 nitrogen and oxygen atoms in total. The highest BCUT2D eigenvalue weighted by Crippen LogP contribution is 2.37. The zero-order valence-electron chi connectivity index (χ0n) is 14.1. The number of alkyl halides is 6. The molecule has 146 valence electrons. The summed E-state index contributed by atoms with van der Waals surface area (Å²) in [5.74, 6) is -1.42. The second kappa shape index (κ2) is 7.75. The van der Waals surface area contributed by atoms with Crippen LogP contribution in [0.2, 0.25) is 0 Å². The molecule has 0 heterocycles.